The number of hydrogen-bond acceptors (Lipinski definition) is 4. The zero-order chi connectivity index (χ0) is 20.5. The van der Waals surface area contributed by atoms with Gasteiger partial charge in [0.15, 0.2) is 0 Å². The summed E-state index contributed by atoms with van der Waals surface area (Å²) in [5.41, 5.74) is 0.655. The van der Waals surface area contributed by atoms with Crippen molar-refractivity contribution in [3.63, 3.8) is 0 Å². The minimum Gasteiger partial charge on any atom is -0.334 e. The molecule has 0 spiro atoms. The lowest BCUT2D eigenvalue weighted by molar-refractivity contribution is -0.143. The number of imide groups is 1. The van der Waals surface area contributed by atoms with Gasteiger partial charge in [0.2, 0.25) is 5.91 Å². The molecule has 146 valence electrons. The summed E-state index contributed by atoms with van der Waals surface area (Å²) in [5.74, 6) is -0.344. The molecule has 2 bridgehead atoms. The lowest BCUT2D eigenvalue weighted by Crippen LogP contribution is -2.56. The maximum Gasteiger partial charge on any atom is 0.332 e. The molecule has 8 heteroatoms. The van der Waals surface area contributed by atoms with Crippen molar-refractivity contribution in [1.29, 1.82) is 5.26 Å². The Hall–Kier alpha value is -2.59. The van der Waals surface area contributed by atoms with Crippen molar-refractivity contribution < 1.29 is 14.4 Å². The average molecular weight is 401 g/mol. The molecular weight excluding hydrogens is 380 g/mol. The van der Waals surface area contributed by atoms with Crippen LogP contribution in [-0.4, -0.2) is 52.3 Å². The van der Waals surface area contributed by atoms with Crippen LogP contribution in [-0.2, 0) is 9.59 Å². The molecule has 3 unspecified atom stereocenters. The van der Waals surface area contributed by atoms with E-state index >= 15 is 0 Å². The Bertz CT molecular complexity index is 961. The molecule has 0 aliphatic carbocycles. The molecule has 28 heavy (non-hydrogen) atoms. The van der Waals surface area contributed by atoms with Crippen molar-refractivity contribution in [2.24, 2.45) is 5.41 Å². The summed E-state index contributed by atoms with van der Waals surface area (Å²) in [6.45, 7) is 7.71. The highest BCUT2D eigenvalue weighted by molar-refractivity contribution is 6.33. The van der Waals surface area contributed by atoms with Gasteiger partial charge < -0.3 is 9.80 Å². The molecule has 3 aliphatic heterocycles. The number of likely N-dealkylation sites (tertiary alicyclic amines) is 1. The van der Waals surface area contributed by atoms with Crippen molar-refractivity contribution >= 4 is 35.1 Å². The molecule has 3 fully saturated rings. The van der Waals surface area contributed by atoms with E-state index in [9.17, 15) is 14.4 Å². The van der Waals surface area contributed by atoms with Crippen LogP contribution in [0.1, 0.15) is 38.3 Å². The van der Waals surface area contributed by atoms with Crippen LogP contribution in [0.4, 0.5) is 10.5 Å². The second-order valence-corrected chi connectivity index (χ2v) is 9.03. The Kier molecular flexibility index (Phi) is 3.99. The van der Waals surface area contributed by atoms with Crippen LogP contribution in [0.5, 0.6) is 0 Å². The van der Waals surface area contributed by atoms with Gasteiger partial charge in [0.05, 0.1) is 28.4 Å². The first kappa shape index (κ1) is 18.8. The van der Waals surface area contributed by atoms with Crippen molar-refractivity contribution in [1.82, 2.24) is 9.80 Å². The van der Waals surface area contributed by atoms with Crippen LogP contribution in [0.25, 0.3) is 0 Å². The van der Waals surface area contributed by atoms with E-state index in [4.69, 9.17) is 16.9 Å². The third kappa shape index (κ3) is 2.37. The fraction of sp³-hybridized carbons (Fsp3) is 0.500. The van der Waals surface area contributed by atoms with Crippen molar-refractivity contribution in [3.05, 3.63) is 28.3 Å². The van der Waals surface area contributed by atoms with E-state index in [1.54, 1.807) is 22.8 Å². The minimum atomic E-state index is -0.661. The Labute approximate surface area is 168 Å². The van der Waals surface area contributed by atoms with Gasteiger partial charge in [-0.05, 0) is 31.0 Å². The molecule has 1 aromatic rings. The number of nitriles is 1. The molecule has 0 radical (unpaired) electrons. The SMILES string of the molecule is Cc1c(N2C(=O)C3C4CC(CN4C(=O)C(C)(C)C)N3C2=O)ccc(C#N)c1Cl. The largest absolute Gasteiger partial charge is 0.334 e. The first-order valence-corrected chi connectivity index (χ1v) is 9.62. The van der Waals surface area contributed by atoms with Crippen LogP contribution in [0.15, 0.2) is 12.1 Å². The third-order valence-electron chi connectivity index (χ3n) is 5.89. The number of fused-ring (bicyclic) bond motifs is 5. The first-order chi connectivity index (χ1) is 13.1. The average Bonchev–Trinajstić information content (AvgIpc) is 3.28. The molecule has 3 aliphatic rings. The molecule has 0 N–H and O–H groups in total. The first-order valence-electron chi connectivity index (χ1n) is 9.24. The molecule has 7 nitrogen and oxygen atoms in total. The number of amides is 4. The second-order valence-electron chi connectivity index (χ2n) is 8.66. The van der Waals surface area contributed by atoms with E-state index in [-0.39, 0.29) is 35.0 Å². The summed E-state index contributed by atoms with van der Waals surface area (Å²) in [6, 6.07) is 3.60. The van der Waals surface area contributed by atoms with Crippen LogP contribution < -0.4 is 4.90 Å². The number of anilines is 1. The van der Waals surface area contributed by atoms with Gasteiger partial charge in [-0.3, -0.25) is 9.59 Å². The van der Waals surface area contributed by atoms with Gasteiger partial charge in [0.1, 0.15) is 12.1 Å². The minimum absolute atomic E-state index is 0.00375. The summed E-state index contributed by atoms with van der Waals surface area (Å²) in [4.78, 5) is 43.7. The summed E-state index contributed by atoms with van der Waals surface area (Å²) < 4.78 is 0. The van der Waals surface area contributed by atoms with Gasteiger partial charge in [-0.2, -0.15) is 5.26 Å². The van der Waals surface area contributed by atoms with Crippen LogP contribution >= 0.6 is 11.6 Å². The predicted octanol–water partition coefficient (Wildman–Crippen LogP) is 2.69. The number of carbonyl (C=O) groups excluding carboxylic acids is 3. The lowest BCUT2D eigenvalue weighted by Gasteiger charge is -2.37. The summed E-state index contributed by atoms with van der Waals surface area (Å²) in [6.07, 6.45) is 0.630. The molecule has 3 saturated heterocycles. The molecule has 3 atom stereocenters. The molecule has 4 amide bonds. The zero-order valence-corrected chi connectivity index (χ0v) is 16.9. The van der Waals surface area contributed by atoms with E-state index in [1.165, 1.54) is 6.07 Å². The van der Waals surface area contributed by atoms with E-state index in [1.807, 2.05) is 26.8 Å². The number of nitrogens with zero attached hydrogens (tertiary/aromatic N) is 4. The van der Waals surface area contributed by atoms with Gasteiger partial charge in [0.25, 0.3) is 5.91 Å². The summed E-state index contributed by atoms with van der Waals surface area (Å²) in [5, 5.41) is 9.37. The highest BCUT2D eigenvalue weighted by atomic mass is 35.5. The normalized spacial score (nSPS) is 26.1. The number of rotatable bonds is 1. The van der Waals surface area contributed by atoms with Gasteiger partial charge in [-0.25, -0.2) is 9.69 Å². The standard InChI is InChI=1S/C20H21ClN4O3/c1-10-13(6-5-11(8-22)15(10)21)25-17(26)16-14-7-12(24(16)19(25)28)9-23(14)18(27)20(2,3)4/h5-6,12,14,16H,7,9H2,1-4H3. The van der Waals surface area contributed by atoms with Gasteiger partial charge in [-0.15, -0.1) is 0 Å². The fourth-order valence-electron chi connectivity index (χ4n) is 4.55. The zero-order valence-electron chi connectivity index (χ0n) is 16.2. The quantitative estimate of drug-likeness (QED) is 0.678. The number of piperazine rings is 1. The number of carbonyl (C=O) groups is 3. The molecule has 4 rings (SSSR count). The predicted molar refractivity (Wildman–Crippen MR) is 103 cm³/mol. The van der Waals surface area contributed by atoms with Crippen molar-refractivity contribution in [2.75, 3.05) is 11.4 Å². The Morgan fingerprint density at radius 2 is 1.96 bits per heavy atom. The van der Waals surface area contributed by atoms with E-state index in [0.717, 1.165) is 4.90 Å². The monoisotopic (exact) mass is 400 g/mol. The van der Waals surface area contributed by atoms with Gasteiger partial charge in [0, 0.05) is 12.0 Å². The highest BCUT2D eigenvalue weighted by Crippen LogP contribution is 2.44. The van der Waals surface area contributed by atoms with Crippen molar-refractivity contribution in [3.8, 4) is 6.07 Å². The molecule has 0 saturated carbocycles. The number of halogens is 1. The lowest BCUT2D eigenvalue weighted by atomic mass is 9.93. The van der Waals surface area contributed by atoms with E-state index in [0.29, 0.717) is 29.8 Å². The number of hydrogen-bond donors (Lipinski definition) is 0. The summed E-state index contributed by atoms with van der Waals surface area (Å²) in [7, 11) is 0. The number of benzene rings is 1. The molecule has 3 heterocycles. The second kappa shape index (κ2) is 5.95. The Morgan fingerprint density at radius 3 is 2.57 bits per heavy atom. The van der Waals surface area contributed by atoms with E-state index in [2.05, 4.69) is 0 Å². The maximum atomic E-state index is 13.2. The maximum absolute atomic E-state index is 13.2. The van der Waals surface area contributed by atoms with E-state index < -0.39 is 11.5 Å². The molecule has 1 aromatic carbocycles. The van der Waals surface area contributed by atoms with Gasteiger partial charge in [-0.1, -0.05) is 32.4 Å². The Morgan fingerprint density at radius 1 is 1.29 bits per heavy atom. The van der Waals surface area contributed by atoms with Crippen molar-refractivity contribution in [2.45, 2.75) is 52.2 Å². The topological polar surface area (TPSA) is 84.7 Å². The highest BCUT2D eigenvalue weighted by Gasteiger charge is 2.63. The fourth-order valence-corrected chi connectivity index (χ4v) is 4.75. The van der Waals surface area contributed by atoms with Crippen LogP contribution in [0, 0.1) is 23.7 Å². The smallest absolute Gasteiger partial charge is 0.332 e. The molecular formula is C20H21ClN4O3. The third-order valence-corrected chi connectivity index (χ3v) is 6.37. The Balaban J connectivity index is 1.70. The van der Waals surface area contributed by atoms with Crippen LogP contribution in [0.2, 0.25) is 5.02 Å². The molecule has 0 aromatic heterocycles. The van der Waals surface area contributed by atoms with Gasteiger partial charge >= 0.3 is 6.03 Å². The van der Waals surface area contributed by atoms with Crippen LogP contribution in [0.3, 0.4) is 0 Å². The number of urea groups is 1. The summed E-state index contributed by atoms with van der Waals surface area (Å²) >= 11 is 6.24.